The molecule has 0 aromatic heterocycles. The molecule has 0 bridgehead atoms. The zero-order chi connectivity index (χ0) is 16.1. The lowest BCUT2D eigenvalue weighted by Crippen LogP contribution is -2.51. The van der Waals surface area contributed by atoms with Crippen LogP contribution in [0.4, 0.5) is 0 Å². The Kier molecular flexibility index (Phi) is 5.36. The molecule has 3 nitrogen and oxygen atoms in total. The zero-order valence-corrected chi connectivity index (χ0v) is 14.2. The summed E-state index contributed by atoms with van der Waals surface area (Å²) in [6, 6.07) is 18.8. The first kappa shape index (κ1) is 16.1. The summed E-state index contributed by atoms with van der Waals surface area (Å²) in [4.78, 5) is 15.7. The number of rotatable bonds is 4. The third-order valence-corrected chi connectivity index (χ3v) is 5.09. The van der Waals surface area contributed by atoms with E-state index in [1.165, 1.54) is 10.5 Å². The van der Waals surface area contributed by atoms with Gasteiger partial charge < -0.3 is 10.2 Å². The first-order chi connectivity index (χ1) is 11.2. The molecule has 1 N–H and O–H groups in total. The highest BCUT2D eigenvalue weighted by molar-refractivity contribution is 7.98. The molecule has 1 atom stereocenters. The standard InChI is InChI=1S/C19H22N2OS/c1-15-13-21(12-11-20-15)19(22)17-7-9-18(10-8-17)23-14-16-5-3-2-4-6-16/h2-10,15,20H,11-14H2,1H3. The molecule has 0 spiro atoms. The molecule has 1 fully saturated rings. The predicted octanol–water partition coefficient (Wildman–Crippen LogP) is 3.41. The summed E-state index contributed by atoms with van der Waals surface area (Å²) < 4.78 is 0. The van der Waals surface area contributed by atoms with Crippen LogP contribution in [-0.2, 0) is 5.75 Å². The van der Waals surface area contributed by atoms with Crippen molar-refractivity contribution in [1.82, 2.24) is 10.2 Å². The van der Waals surface area contributed by atoms with E-state index >= 15 is 0 Å². The molecule has 0 saturated carbocycles. The van der Waals surface area contributed by atoms with Gasteiger partial charge in [-0.15, -0.1) is 11.8 Å². The second-order valence-electron chi connectivity index (χ2n) is 5.90. The van der Waals surface area contributed by atoms with E-state index in [-0.39, 0.29) is 5.91 Å². The van der Waals surface area contributed by atoms with Crippen molar-refractivity contribution in [3.63, 3.8) is 0 Å². The first-order valence-electron chi connectivity index (χ1n) is 8.02. The van der Waals surface area contributed by atoms with Gasteiger partial charge in [-0.3, -0.25) is 4.79 Å². The Balaban J connectivity index is 1.59. The van der Waals surface area contributed by atoms with Crippen molar-refractivity contribution in [2.24, 2.45) is 0 Å². The van der Waals surface area contributed by atoms with Gasteiger partial charge in [0.05, 0.1) is 0 Å². The summed E-state index contributed by atoms with van der Waals surface area (Å²) in [5.74, 6) is 1.08. The summed E-state index contributed by atoms with van der Waals surface area (Å²) in [7, 11) is 0. The van der Waals surface area contributed by atoms with Gasteiger partial charge in [0.25, 0.3) is 5.91 Å². The molecule has 0 aliphatic carbocycles. The molecule has 1 unspecified atom stereocenters. The molecule has 1 saturated heterocycles. The Bertz CT molecular complexity index is 642. The Hall–Kier alpha value is -1.78. The molecule has 2 aromatic rings. The second kappa shape index (κ2) is 7.66. The lowest BCUT2D eigenvalue weighted by Gasteiger charge is -2.32. The maximum Gasteiger partial charge on any atom is 0.253 e. The Labute approximate surface area is 142 Å². The van der Waals surface area contributed by atoms with Crippen LogP contribution in [0.1, 0.15) is 22.8 Å². The highest BCUT2D eigenvalue weighted by Gasteiger charge is 2.21. The molecule has 120 valence electrons. The molecule has 1 heterocycles. The minimum absolute atomic E-state index is 0.137. The maximum absolute atomic E-state index is 12.5. The van der Waals surface area contributed by atoms with Crippen molar-refractivity contribution >= 4 is 17.7 Å². The number of hydrogen-bond acceptors (Lipinski definition) is 3. The van der Waals surface area contributed by atoms with Crippen LogP contribution in [0.2, 0.25) is 0 Å². The number of benzene rings is 2. The van der Waals surface area contributed by atoms with E-state index in [0.717, 1.165) is 31.0 Å². The third-order valence-electron chi connectivity index (χ3n) is 4.01. The largest absolute Gasteiger partial charge is 0.336 e. The fourth-order valence-electron chi connectivity index (χ4n) is 2.73. The van der Waals surface area contributed by atoms with Gasteiger partial charge in [0.1, 0.15) is 0 Å². The Morgan fingerprint density at radius 3 is 2.61 bits per heavy atom. The lowest BCUT2D eigenvalue weighted by molar-refractivity contribution is 0.0709. The number of thioether (sulfide) groups is 1. The van der Waals surface area contributed by atoms with Gasteiger partial charge in [0.2, 0.25) is 0 Å². The number of carbonyl (C=O) groups excluding carboxylic acids is 1. The molecule has 2 aromatic carbocycles. The number of nitrogens with one attached hydrogen (secondary N) is 1. The van der Waals surface area contributed by atoms with E-state index in [9.17, 15) is 4.79 Å². The highest BCUT2D eigenvalue weighted by Crippen LogP contribution is 2.23. The number of hydrogen-bond donors (Lipinski definition) is 1. The molecular formula is C19H22N2OS. The summed E-state index contributed by atoms with van der Waals surface area (Å²) in [6.07, 6.45) is 0. The highest BCUT2D eigenvalue weighted by atomic mass is 32.2. The second-order valence-corrected chi connectivity index (χ2v) is 6.95. The van der Waals surface area contributed by atoms with Gasteiger partial charge in [-0.1, -0.05) is 30.3 Å². The van der Waals surface area contributed by atoms with E-state index in [1.54, 1.807) is 11.8 Å². The number of amides is 1. The van der Waals surface area contributed by atoms with Gasteiger partial charge in [-0.25, -0.2) is 0 Å². The van der Waals surface area contributed by atoms with Crippen LogP contribution < -0.4 is 5.32 Å². The van der Waals surface area contributed by atoms with Crippen LogP contribution in [0, 0.1) is 0 Å². The zero-order valence-electron chi connectivity index (χ0n) is 13.4. The molecule has 1 amide bonds. The number of nitrogens with zero attached hydrogens (tertiary/aromatic N) is 1. The predicted molar refractivity (Wildman–Crippen MR) is 95.8 cm³/mol. The average Bonchev–Trinajstić information content (AvgIpc) is 2.61. The molecular weight excluding hydrogens is 304 g/mol. The summed E-state index contributed by atoms with van der Waals surface area (Å²) in [6.45, 7) is 4.55. The molecule has 23 heavy (non-hydrogen) atoms. The number of piperazine rings is 1. The monoisotopic (exact) mass is 326 g/mol. The fourth-order valence-corrected chi connectivity index (χ4v) is 3.59. The minimum Gasteiger partial charge on any atom is -0.336 e. The summed E-state index contributed by atoms with van der Waals surface area (Å²) in [5.41, 5.74) is 2.09. The van der Waals surface area contributed by atoms with E-state index in [4.69, 9.17) is 0 Å². The Morgan fingerprint density at radius 1 is 1.17 bits per heavy atom. The van der Waals surface area contributed by atoms with Gasteiger partial charge >= 0.3 is 0 Å². The average molecular weight is 326 g/mol. The first-order valence-corrected chi connectivity index (χ1v) is 9.00. The van der Waals surface area contributed by atoms with Crippen molar-refractivity contribution in [2.45, 2.75) is 23.6 Å². The minimum atomic E-state index is 0.137. The quantitative estimate of drug-likeness (QED) is 0.874. The van der Waals surface area contributed by atoms with Crippen molar-refractivity contribution in [1.29, 1.82) is 0 Å². The topological polar surface area (TPSA) is 32.3 Å². The lowest BCUT2D eigenvalue weighted by atomic mass is 10.1. The van der Waals surface area contributed by atoms with Crippen molar-refractivity contribution in [3.8, 4) is 0 Å². The molecule has 4 heteroatoms. The van der Waals surface area contributed by atoms with Crippen LogP contribution in [0.5, 0.6) is 0 Å². The van der Waals surface area contributed by atoms with Crippen LogP contribution in [0.15, 0.2) is 59.5 Å². The SMILES string of the molecule is CC1CN(C(=O)c2ccc(SCc3ccccc3)cc2)CCN1. The van der Waals surface area contributed by atoms with Crippen LogP contribution in [-0.4, -0.2) is 36.5 Å². The number of carbonyl (C=O) groups is 1. The van der Waals surface area contributed by atoms with Crippen LogP contribution in [0.25, 0.3) is 0 Å². The summed E-state index contributed by atoms with van der Waals surface area (Å²) in [5, 5.41) is 3.36. The molecule has 1 aliphatic rings. The van der Waals surface area contributed by atoms with Crippen molar-refractivity contribution < 1.29 is 4.79 Å². The third kappa shape index (κ3) is 4.36. The maximum atomic E-state index is 12.5. The van der Waals surface area contributed by atoms with Crippen LogP contribution in [0.3, 0.4) is 0 Å². The van der Waals surface area contributed by atoms with Gasteiger partial charge in [0, 0.05) is 41.9 Å². The van der Waals surface area contributed by atoms with Gasteiger partial charge in [-0.2, -0.15) is 0 Å². The fraction of sp³-hybridized carbons (Fsp3) is 0.316. The molecule has 0 radical (unpaired) electrons. The van der Waals surface area contributed by atoms with Crippen LogP contribution >= 0.6 is 11.8 Å². The van der Waals surface area contributed by atoms with E-state index in [0.29, 0.717) is 6.04 Å². The van der Waals surface area contributed by atoms with Gasteiger partial charge in [0.15, 0.2) is 0 Å². The van der Waals surface area contributed by atoms with Crippen molar-refractivity contribution in [3.05, 3.63) is 65.7 Å². The molecule has 1 aliphatic heterocycles. The molecule has 3 rings (SSSR count). The normalized spacial score (nSPS) is 18.0. The Morgan fingerprint density at radius 2 is 1.91 bits per heavy atom. The van der Waals surface area contributed by atoms with E-state index in [2.05, 4.69) is 36.5 Å². The van der Waals surface area contributed by atoms with E-state index in [1.807, 2.05) is 35.2 Å². The van der Waals surface area contributed by atoms with Crippen molar-refractivity contribution in [2.75, 3.05) is 19.6 Å². The van der Waals surface area contributed by atoms with E-state index < -0.39 is 0 Å². The summed E-state index contributed by atoms with van der Waals surface area (Å²) >= 11 is 1.80. The smallest absolute Gasteiger partial charge is 0.253 e. The van der Waals surface area contributed by atoms with Gasteiger partial charge in [-0.05, 0) is 36.8 Å².